The molecule has 3 fully saturated rings. The van der Waals surface area contributed by atoms with E-state index in [4.69, 9.17) is 0 Å². The number of fused-ring (bicyclic) bond motifs is 2. The Morgan fingerprint density at radius 1 is 0.941 bits per heavy atom. The molecule has 4 atom stereocenters. The van der Waals surface area contributed by atoms with Crippen molar-refractivity contribution in [3.8, 4) is 0 Å². The second-order valence-corrected chi connectivity index (χ2v) is 6.62. The summed E-state index contributed by atoms with van der Waals surface area (Å²) in [6.45, 7) is 2.48. The lowest BCUT2D eigenvalue weighted by Gasteiger charge is -2.52. The molecule has 4 unspecified atom stereocenters. The molecule has 2 heteroatoms. The van der Waals surface area contributed by atoms with Crippen LogP contribution in [-0.4, -0.2) is 36.1 Å². The van der Waals surface area contributed by atoms with Crippen LogP contribution in [-0.2, 0) is 0 Å². The third kappa shape index (κ3) is 2.15. The van der Waals surface area contributed by atoms with Crippen LogP contribution in [0.25, 0.3) is 0 Å². The second kappa shape index (κ2) is 4.89. The summed E-state index contributed by atoms with van der Waals surface area (Å²) in [6.07, 6.45) is 11.6. The Kier molecular flexibility index (Phi) is 3.45. The van der Waals surface area contributed by atoms with Gasteiger partial charge in [-0.05, 0) is 51.5 Å². The molecule has 98 valence electrons. The minimum Gasteiger partial charge on any atom is -0.317 e. The van der Waals surface area contributed by atoms with Crippen molar-refractivity contribution in [2.75, 3.05) is 7.05 Å². The highest BCUT2D eigenvalue weighted by Crippen LogP contribution is 2.41. The van der Waals surface area contributed by atoms with Crippen molar-refractivity contribution >= 4 is 0 Å². The van der Waals surface area contributed by atoms with Crippen molar-refractivity contribution in [2.24, 2.45) is 5.92 Å². The van der Waals surface area contributed by atoms with E-state index in [0.29, 0.717) is 0 Å². The molecule has 0 aromatic carbocycles. The van der Waals surface area contributed by atoms with Gasteiger partial charge in [-0.3, -0.25) is 4.90 Å². The Morgan fingerprint density at radius 3 is 2.12 bits per heavy atom. The van der Waals surface area contributed by atoms with Crippen LogP contribution in [0.15, 0.2) is 0 Å². The third-order valence-corrected chi connectivity index (χ3v) is 5.64. The molecule has 0 spiro atoms. The minimum absolute atomic E-state index is 0.790. The van der Waals surface area contributed by atoms with Crippen LogP contribution in [0, 0.1) is 5.92 Å². The van der Waals surface area contributed by atoms with Crippen molar-refractivity contribution < 1.29 is 0 Å². The Morgan fingerprint density at radius 2 is 1.59 bits per heavy atom. The molecule has 2 heterocycles. The zero-order chi connectivity index (χ0) is 11.8. The fourth-order valence-corrected chi connectivity index (χ4v) is 4.76. The van der Waals surface area contributed by atoms with E-state index in [1.807, 2.05) is 0 Å². The average molecular weight is 236 g/mol. The lowest BCUT2D eigenvalue weighted by atomic mass is 9.79. The van der Waals surface area contributed by atoms with Gasteiger partial charge in [-0.2, -0.15) is 0 Å². The smallest absolute Gasteiger partial charge is 0.0127 e. The van der Waals surface area contributed by atoms with E-state index in [9.17, 15) is 0 Å². The normalized spacial score (nSPS) is 47.3. The molecule has 0 amide bonds. The quantitative estimate of drug-likeness (QED) is 0.793. The zero-order valence-corrected chi connectivity index (χ0v) is 11.5. The highest BCUT2D eigenvalue weighted by Gasteiger charge is 2.43. The molecule has 0 radical (unpaired) electrons. The maximum atomic E-state index is 3.53. The molecule has 1 saturated carbocycles. The zero-order valence-electron chi connectivity index (χ0n) is 11.5. The fraction of sp³-hybridized carbons (Fsp3) is 1.00. The Bertz CT molecular complexity index is 252. The summed E-state index contributed by atoms with van der Waals surface area (Å²) < 4.78 is 0. The van der Waals surface area contributed by atoms with E-state index in [-0.39, 0.29) is 0 Å². The topological polar surface area (TPSA) is 15.3 Å². The number of hydrogen-bond donors (Lipinski definition) is 1. The number of nitrogens with zero attached hydrogens (tertiary/aromatic N) is 1. The predicted molar refractivity (Wildman–Crippen MR) is 72.2 cm³/mol. The molecule has 2 saturated heterocycles. The SMILES string of the molecule is CNC1CC2CCCC(C1)N2C1CCCC1C. The van der Waals surface area contributed by atoms with Gasteiger partial charge in [0.05, 0.1) is 0 Å². The summed E-state index contributed by atoms with van der Waals surface area (Å²) in [5, 5.41) is 3.53. The first-order valence-electron chi connectivity index (χ1n) is 7.74. The molecule has 3 rings (SSSR count). The Balaban J connectivity index is 1.75. The summed E-state index contributed by atoms with van der Waals surface area (Å²) in [5.41, 5.74) is 0. The van der Waals surface area contributed by atoms with Crippen molar-refractivity contribution in [1.29, 1.82) is 0 Å². The molecular weight excluding hydrogens is 208 g/mol. The molecule has 0 aromatic heterocycles. The summed E-state index contributed by atoms with van der Waals surface area (Å²) >= 11 is 0. The van der Waals surface area contributed by atoms with Gasteiger partial charge in [0, 0.05) is 24.2 Å². The van der Waals surface area contributed by atoms with E-state index < -0.39 is 0 Å². The monoisotopic (exact) mass is 236 g/mol. The summed E-state index contributed by atoms with van der Waals surface area (Å²) in [5.74, 6) is 0.948. The molecule has 17 heavy (non-hydrogen) atoms. The number of rotatable bonds is 2. The predicted octanol–water partition coefficient (Wildman–Crippen LogP) is 2.78. The van der Waals surface area contributed by atoms with Gasteiger partial charge in [0.2, 0.25) is 0 Å². The molecule has 0 aromatic rings. The maximum absolute atomic E-state index is 3.53. The number of piperidine rings is 2. The van der Waals surface area contributed by atoms with Gasteiger partial charge in [0.1, 0.15) is 0 Å². The molecular formula is C15H28N2. The molecule has 2 nitrogen and oxygen atoms in total. The van der Waals surface area contributed by atoms with Crippen LogP contribution in [0.1, 0.15) is 58.3 Å². The lowest BCUT2D eigenvalue weighted by Crippen LogP contribution is -2.59. The first-order chi connectivity index (χ1) is 8.29. The Labute approximate surface area is 106 Å². The first kappa shape index (κ1) is 12.0. The van der Waals surface area contributed by atoms with E-state index in [2.05, 4.69) is 24.2 Å². The first-order valence-corrected chi connectivity index (χ1v) is 7.74. The van der Waals surface area contributed by atoms with E-state index in [0.717, 1.165) is 30.1 Å². The van der Waals surface area contributed by atoms with Gasteiger partial charge >= 0.3 is 0 Å². The van der Waals surface area contributed by atoms with Crippen molar-refractivity contribution in [2.45, 2.75) is 82.5 Å². The van der Waals surface area contributed by atoms with Crippen molar-refractivity contribution in [1.82, 2.24) is 10.2 Å². The second-order valence-electron chi connectivity index (χ2n) is 6.62. The molecule has 1 N–H and O–H groups in total. The summed E-state index contributed by atoms with van der Waals surface area (Å²) in [7, 11) is 2.15. The van der Waals surface area contributed by atoms with Crippen LogP contribution in [0.3, 0.4) is 0 Å². The largest absolute Gasteiger partial charge is 0.317 e. The van der Waals surface area contributed by atoms with Gasteiger partial charge in [-0.1, -0.05) is 19.8 Å². The number of nitrogens with one attached hydrogen (secondary N) is 1. The van der Waals surface area contributed by atoms with E-state index in [1.165, 1.54) is 51.4 Å². The van der Waals surface area contributed by atoms with Gasteiger partial charge < -0.3 is 5.32 Å². The summed E-state index contributed by atoms with van der Waals surface area (Å²) in [6, 6.07) is 3.50. The van der Waals surface area contributed by atoms with Gasteiger partial charge in [-0.15, -0.1) is 0 Å². The van der Waals surface area contributed by atoms with Crippen LogP contribution < -0.4 is 5.32 Å². The third-order valence-electron chi connectivity index (χ3n) is 5.64. The molecule has 3 aliphatic rings. The van der Waals surface area contributed by atoms with Gasteiger partial charge in [0.15, 0.2) is 0 Å². The highest BCUT2D eigenvalue weighted by atomic mass is 15.2. The lowest BCUT2D eigenvalue weighted by molar-refractivity contribution is -0.0196. The maximum Gasteiger partial charge on any atom is 0.0127 e. The average Bonchev–Trinajstić information content (AvgIpc) is 2.73. The summed E-state index contributed by atoms with van der Waals surface area (Å²) in [4.78, 5) is 2.97. The molecule has 2 bridgehead atoms. The van der Waals surface area contributed by atoms with Gasteiger partial charge in [0.25, 0.3) is 0 Å². The van der Waals surface area contributed by atoms with Crippen LogP contribution in [0.2, 0.25) is 0 Å². The Hall–Kier alpha value is -0.0800. The minimum atomic E-state index is 0.790. The fourth-order valence-electron chi connectivity index (χ4n) is 4.76. The highest BCUT2D eigenvalue weighted by molar-refractivity contribution is 4.99. The van der Waals surface area contributed by atoms with Crippen molar-refractivity contribution in [3.05, 3.63) is 0 Å². The molecule has 1 aliphatic carbocycles. The van der Waals surface area contributed by atoms with Crippen LogP contribution >= 0.6 is 0 Å². The standard InChI is InChI=1S/C15H28N2/c1-11-5-3-8-15(11)17-13-6-4-7-14(17)10-12(9-13)16-2/h11-16H,3-10H2,1-2H3. The van der Waals surface area contributed by atoms with Crippen LogP contribution in [0.5, 0.6) is 0 Å². The van der Waals surface area contributed by atoms with Gasteiger partial charge in [-0.25, -0.2) is 0 Å². The number of hydrogen-bond acceptors (Lipinski definition) is 2. The van der Waals surface area contributed by atoms with E-state index in [1.54, 1.807) is 0 Å². The molecule has 2 aliphatic heterocycles. The van der Waals surface area contributed by atoms with Crippen LogP contribution in [0.4, 0.5) is 0 Å². The van der Waals surface area contributed by atoms with E-state index >= 15 is 0 Å². The van der Waals surface area contributed by atoms with Crippen molar-refractivity contribution in [3.63, 3.8) is 0 Å².